The van der Waals surface area contributed by atoms with Crippen LogP contribution in [0.15, 0.2) is 89.8 Å². The smallest absolute Gasteiger partial charge is 0.244 e. The summed E-state index contributed by atoms with van der Waals surface area (Å²) in [7, 11) is -3.69. The van der Waals surface area contributed by atoms with Crippen LogP contribution in [0.5, 0.6) is 0 Å². The molecule has 0 aromatic heterocycles. The second kappa shape index (κ2) is 9.32. The Labute approximate surface area is 170 Å². The number of hydrogen-bond donors (Lipinski definition) is 2. The Morgan fingerprint density at radius 2 is 1.59 bits per heavy atom. The molecule has 5 nitrogen and oxygen atoms in total. The molecule has 3 aromatic rings. The molecule has 0 atom stereocenters. The van der Waals surface area contributed by atoms with Gasteiger partial charge >= 0.3 is 0 Å². The van der Waals surface area contributed by atoms with Crippen LogP contribution in [0.25, 0.3) is 17.2 Å². The van der Waals surface area contributed by atoms with Gasteiger partial charge in [0, 0.05) is 12.6 Å². The number of hydrogen-bond acceptors (Lipinski definition) is 3. The summed E-state index contributed by atoms with van der Waals surface area (Å²) in [5.74, 6) is -0.184. The predicted molar refractivity (Wildman–Crippen MR) is 115 cm³/mol. The van der Waals surface area contributed by atoms with Gasteiger partial charge in [-0.25, -0.2) is 13.6 Å². The fourth-order valence-electron chi connectivity index (χ4n) is 2.86. The number of benzene rings is 3. The first-order chi connectivity index (χ1) is 13.9. The number of rotatable bonds is 7. The van der Waals surface area contributed by atoms with Crippen LogP contribution in [0.3, 0.4) is 0 Å². The molecule has 0 radical (unpaired) electrons. The standard InChI is InChI=1S/C23H22N2O3S/c24-29(27,28)22-12-9-18(10-13-22)15-16-25-23(26)14-11-19-5-4-8-21(17-19)20-6-2-1-3-7-20/h1-14,17H,15-16H2,(H,25,26)(H2,24,27,28)/b14-11+. The zero-order valence-corrected chi connectivity index (χ0v) is 16.6. The van der Waals surface area contributed by atoms with E-state index in [0.717, 1.165) is 22.3 Å². The number of carbonyl (C=O) groups is 1. The van der Waals surface area contributed by atoms with Crippen molar-refractivity contribution in [1.82, 2.24) is 5.32 Å². The highest BCUT2D eigenvalue weighted by molar-refractivity contribution is 7.89. The lowest BCUT2D eigenvalue weighted by Crippen LogP contribution is -2.23. The maximum Gasteiger partial charge on any atom is 0.244 e. The first kappa shape index (κ1) is 20.5. The average molecular weight is 407 g/mol. The summed E-state index contributed by atoms with van der Waals surface area (Å²) in [6.45, 7) is 0.446. The molecule has 0 saturated heterocycles. The molecule has 1 amide bonds. The Bertz CT molecular complexity index is 1110. The van der Waals surface area contributed by atoms with Gasteiger partial charge in [-0.2, -0.15) is 0 Å². The van der Waals surface area contributed by atoms with Gasteiger partial charge in [0.25, 0.3) is 0 Å². The van der Waals surface area contributed by atoms with Gasteiger partial charge < -0.3 is 5.32 Å². The summed E-state index contributed by atoms with van der Waals surface area (Å²) in [5, 5.41) is 7.90. The Kier molecular flexibility index (Phi) is 6.59. The summed E-state index contributed by atoms with van der Waals surface area (Å²) < 4.78 is 22.5. The number of carbonyl (C=O) groups excluding carboxylic acids is 1. The normalized spacial score (nSPS) is 11.5. The molecule has 6 heteroatoms. The molecule has 3 N–H and O–H groups in total. The highest BCUT2D eigenvalue weighted by Crippen LogP contribution is 2.20. The van der Waals surface area contributed by atoms with Gasteiger partial charge in [0.1, 0.15) is 0 Å². The van der Waals surface area contributed by atoms with Gasteiger partial charge in [-0.3, -0.25) is 4.79 Å². The molecule has 0 saturated carbocycles. The topological polar surface area (TPSA) is 89.3 Å². The number of nitrogens with two attached hydrogens (primary N) is 1. The zero-order valence-electron chi connectivity index (χ0n) is 15.8. The number of nitrogens with one attached hydrogen (secondary N) is 1. The Morgan fingerprint density at radius 3 is 2.28 bits per heavy atom. The van der Waals surface area contributed by atoms with Crippen LogP contribution in [-0.4, -0.2) is 20.9 Å². The van der Waals surface area contributed by atoms with E-state index in [-0.39, 0.29) is 10.8 Å². The van der Waals surface area contributed by atoms with Gasteiger partial charge in [0.2, 0.25) is 15.9 Å². The molecule has 29 heavy (non-hydrogen) atoms. The summed E-state index contributed by atoms with van der Waals surface area (Å²) in [6, 6.07) is 24.4. The van der Waals surface area contributed by atoms with Crippen LogP contribution in [0.2, 0.25) is 0 Å². The summed E-state index contributed by atoms with van der Waals surface area (Å²) in [4.78, 5) is 12.1. The molecule has 0 aliphatic rings. The molecule has 0 bridgehead atoms. The van der Waals surface area contributed by atoms with Gasteiger partial charge in [-0.15, -0.1) is 0 Å². The molecular formula is C23H22N2O3S. The molecule has 0 aliphatic carbocycles. The largest absolute Gasteiger partial charge is 0.352 e. The van der Waals surface area contributed by atoms with Gasteiger partial charge in [0.05, 0.1) is 4.90 Å². The fraction of sp³-hybridized carbons (Fsp3) is 0.0870. The third-order valence-corrected chi connectivity index (χ3v) is 5.31. The first-order valence-corrected chi connectivity index (χ1v) is 10.7. The van der Waals surface area contributed by atoms with Crippen LogP contribution in [0.4, 0.5) is 0 Å². The van der Waals surface area contributed by atoms with E-state index >= 15 is 0 Å². The van der Waals surface area contributed by atoms with Gasteiger partial charge in [0.15, 0.2) is 0 Å². The van der Waals surface area contributed by atoms with Gasteiger partial charge in [-0.05, 0) is 52.9 Å². The van der Waals surface area contributed by atoms with Crippen LogP contribution in [0, 0.1) is 0 Å². The van der Waals surface area contributed by atoms with E-state index in [1.54, 1.807) is 18.2 Å². The SMILES string of the molecule is NS(=O)(=O)c1ccc(CCNC(=O)/C=C/c2cccc(-c3ccccc3)c2)cc1. The van der Waals surface area contributed by atoms with E-state index in [4.69, 9.17) is 5.14 Å². The molecule has 3 aromatic carbocycles. The minimum absolute atomic E-state index is 0.0750. The summed E-state index contributed by atoms with van der Waals surface area (Å²) >= 11 is 0. The molecule has 148 valence electrons. The van der Waals surface area contributed by atoms with Crippen molar-refractivity contribution in [2.24, 2.45) is 5.14 Å². The van der Waals surface area contributed by atoms with E-state index in [1.165, 1.54) is 18.2 Å². The lowest BCUT2D eigenvalue weighted by molar-refractivity contribution is -0.116. The predicted octanol–water partition coefficient (Wildman–Crippen LogP) is 3.37. The maximum atomic E-state index is 12.1. The lowest BCUT2D eigenvalue weighted by atomic mass is 10.0. The molecule has 0 unspecified atom stereocenters. The van der Waals surface area contributed by atoms with Crippen molar-refractivity contribution in [1.29, 1.82) is 0 Å². The third-order valence-electron chi connectivity index (χ3n) is 4.39. The number of sulfonamides is 1. The molecule has 0 heterocycles. The maximum absolute atomic E-state index is 12.1. The first-order valence-electron chi connectivity index (χ1n) is 9.15. The van der Waals surface area contributed by atoms with E-state index in [2.05, 4.69) is 5.32 Å². The second-order valence-electron chi connectivity index (χ2n) is 6.55. The third kappa shape index (κ3) is 6.14. The lowest BCUT2D eigenvalue weighted by Gasteiger charge is -2.05. The van der Waals surface area contributed by atoms with Gasteiger partial charge in [-0.1, -0.05) is 60.7 Å². The zero-order chi connectivity index (χ0) is 20.7. The molecule has 0 fully saturated rings. The van der Waals surface area contributed by atoms with Crippen LogP contribution in [-0.2, 0) is 21.2 Å². The van der Waals surface area contributed by atoms with Crippen molar-refractivity contribution in [2.75, 3.05) is 6.54 Å². The minimum atomic E-state index is -3.69. The van der Waals surface area contributed by atoms with Crippen molar-refractivity contribution in [3.8, 4) is 11.1 Å². The van der Waals surface area contributed by atoms with Crippen molar-refractivity contribution in [2.45, 2.75) is 11.3 Å². The van der Waals surface area contributed by atoms with Crippen molar-refractivity contribution >= 4 is 22.0 Å². The van der Waals surface area contributed by atoms with Crippen LogP contribution >= 0.6 is 0 Å². The van der Waals surface area contributed by atoms with Crippen molar-refractivity contribution < 1.29 is 13.2 Å². The quantitative estimate of drug-likeness (QED) is 0.590. The highest BCUT2D eigenvalue weighted by atomic mass is 32.2. The molecule has 0 spiro atoms. The summed E-state index contributed by atoms with van der Waals surface area (Å²) in [6.07, 6.45) is 3.88. The van der Waals surface area contributed by atoms with Crippen molar-refractivity contribution in [3.63, 3.8) is 0 Å². The Hall–Kier alpha value is -3.22. The number of amides is 1. The Balaban J connectivity index is 1.53. The van der Waals surface area contributed by atoms with Crippen molar-refractivity contribution in [3.05, 3.63) is 96.1 Å². The average Bonchev–Trinajstić information content (AvgIpc) is 2.73. The molecule has 0 aliphatic heterocycles. The van der Waals surface area contributed by atoms with E-state index in [1.807, 2.05) is 54.6 Å². The minimum Gasteiger partial charge on any atom is -0.352 e. The van der Waals surface area contributed by atoms with E-state index < -0.39 is 10.0 Å². The highest BCUT2D eigenvalue weighted by Gasteiger charge is 2.06. The monoisotopic (exact) mass is 406 g/mol. The number of primary sulfonamides is 1. The summed E-state index contributed by atoms with van der Waals surface area (Å²) in [5.41, 5.74) is 4.08. The van der Waals surface area contributed by atoms with Crippen LogP contribution < -0.4 is 10.5 Å². The van der Waals surface area contributed by atoms with Crippen LogP contribution in [0.1, 0.15) is 11.1 Å². The second-order valence-corrected chi connectivity index (χ2v) is 8.12. The fourth-order valence-corrected chi connectivity index (χ4v) is 3.37. The molecule has 3 rings (SSSR count). The molecular weight excluding hydrogens is 384 g/mol. The van der Waals surface area contributed by atoms with E-state index in [9.17, 15) is 13.2 Å². The van der Waals surface area contributed by atoms with E-state index in [0.29, 0.717) is 13.0 Å². The Morgan fingerprint density at radius 1 is 0.897 bits per heavy atom.